The molecule has 128 valence electrons. The van der Waals surface area contributed by atoms with Crippen LogP contribution in [0.4, 0.5) is 4.39 Å². The van der Waals surface area contributed by atoms with Crippen LogP contribution < -0.4 is 0 Å². The van der Waals surface area contributed by atoms with Crippen LogP contribution in [-0.4, -0.2) is 10.8 Å². The molecule has 1 heterocycles. The van der Waals surface area contributed by atoms with Crippen molar-refractivity contribution in [3.63, 3.8) is 0 Å². The Morgan fingerprint density at radius 3 is 2.04 bits per heavy atom. The average molecular weight is 351 g/mol. The number of rotatable bonds is 2. The minimum Gasteiger partial charge on any atom is -0.288 e. The Hall–Kier alpha value is -3.59. The summed E-state index contributed by atoms with van der Waals surface area (Å²) in [7, 11) is 0. The van der Waals surface area contributed by atoms with Gasteiger partial charge in [-0.1, -0.05) is 66.7 Å². The molecule has 1 aliphatic rings. The lowest BCUT2D eigenvalue weighted by Gasteiger charge is -2.12. The van der Waals surface area contributed by atoms with Crippen LogP contribution in [0.3, 0.4) is 0 Å². The summed E-state index contributed by atoms with van der Waals surface area (Å²) >= 11 is 0. The van der Waals surface area contributed by atoms with Crippen molar-refractivity contribution in [1.29, 1.82) is 0 Å². The molecule has 0 spiro atoms. The van der Waals surface area contributed by atoms with Crippen molar-refractivity contribution in [2.75, 3.05) is 0 Å². The van der Waals surface area contributed by atoms with Crippen molar-refractivity contribution in [2.45, 2.75) is 0 Å². The molecule has 0 amide bonds. The Morgan fingerprint density at radius 2 is 1.30 bits per heavy atom. The van der Waals surface area contributed by atoms with Crippen molar-refractivity contribution in [3.8, 4) is 33.6 Å². The molecular formula is C24H14FNO. The highest BCUT2D eigenvalue weighted by Gasteiger charge is 2.31. The third kappa shape index (κ3) is 2.40. The quantitative estimate of drug-likeness (QED) is 0.404. The van der Waals surface area contributed by atoms with E-state index in [0.717, 1.165) is 16.7 Å². The van der Waals surface area contributed by atoms with Gasteiger partial charge in [-0.15, -0.1) is 0 Å². The van der Waals surface area contributed by atoms with E-state index in [2.05, 4.69) is 0 Å². The molecule has 0 bridgehead atoms. The van der Waals surface area contributed by atoms with Gasteiger partial charge in [-0.3, -0.25) is 4.79 Å². The maximum Gasteiger partial charge on any atom is 0.196 e. The Bertz CT molecular complexity index is 1200. The predicted molar refractivity (Wildman–Crippen MR) is 104 cm³/mol. The van der Waals surface area contributed by atoms with E-state index in [1.54, 1.807) is 18.2 Å². The molecule has 0 radical (unpaired) electrons. The van der Waals surface area contributed by atoms with Crippen LogP contribution in [0.5, 0.6) is 0 Å². The first-order valence-corrected chi connectivity index (χ1v) is 8.73. The van der Waals surface area contributed by atoms with Crippen molar-refractivity contribution in [3.05, 3.63) is 102 Å². The highest BCUT2D eigenvalue weighted by Crippen LogP contribution is 2.42. The Labute approximate surface area is 156 Å². The normalized spacial score (nSPS) is 12.0. The zero-order valence-corrected chi connectivity index (χ0v) is 14.3. The number of ketones is 1. The number of fused-ring (bicyclic) bond motifs is 3. The summed E-state index contributed by atoms with van der Waals surface area (Å²) in [5.74, 6) is -0.367. The van der Waals surface area contributed by atoms with Gasteiger partial charge in [0.15, 0.2) is 5.78 Å². The average Bonchev–Trinajstić information content (AvgIpc) is 3.01. The smallest absolute Gasteiger partial charge is 0.196 e. The number of hydrogen-bond donors (Lipinski definition) is 0. The van der Waals surface area contributed by atoms with E-state index < -0.39 is 0 Å². The van der Waals surface area contributed by atoms with Crippen molar-refractivity contribution >= 4 is 5.78 Å². The molecule has 5 rings (SSSR count). The second kappa shape index (κ2) is 5.99. The summed E-state index contributed by atoms with van der Waals surface area (Å²) in [6.45, 7) is 0. The maximum atomic E-state index is 14.4. The van der Waals surface area contributed by atoms with Gasteiger partial charge in [-0.25, -0.2) is 9.37 Å². The summed E-state index contributed by atoms with van der Waals surface area (Å²) in [5, 5.41) is 0. The monoisotopic (exact) mass is 351 g/mol. The first-order chi connectivity index (χ1) is 13.2. The van der Waals surface area contributed by atoms with Gasteiger partial charge >= 0.3 is 0 Å². The first-order valence-electron chi connectivity index (χ1n) is 8.73. The Morgan fingerprint density at radius 1 is 0.667 bits per heavy atom. The molecule has 0 saturated heterocycles. The van der Waals surface area contributed by atoms with Crippen LogP contribution in [0.1, 0.15) is 15.9 Å². The fourth-order valence-corrected chi connectivity index (χ4v) is 3.64. The molecule has 2 nitrogen and oxygen atoms in total. The van der Waals surface area contributed by atoms with E-state index in [9.17, 15) is 9.18 Å². The fraction of sp³-hybridized carbons (Fsp3) is 0. The summed E-state index contributed by atoms with van der Waals surface area (Å²) in [6.07, 6.45) is 0. The van der Waals surface area contributed by atoms with E-state index in [-0.39, 0.29) is 11.6 Å². The lowest BCUT2D eigenvalue weighted by Crippen LogP contribution is -2.01. The van der Waals surface area contributed by atoms with Crippen molar-refractivity contribution < 1.29 is 9.18 Å². The van der Waals surface area contributed by atoms with E-state index in [1.165, 1.54) is 6.07 Å². The lowest BCUT2D eigenvalue weighted by molar-refractivity contribution is 0.104. The molecule has 1 aliphatic carbocycles. The molecule has 0 atom stereocenters. The molecule has 0 N–H and O–H groups in total. The molecule has 27 heavy (non-hydrogen) atoms. The standard InChI is InChI=1S/C24H14FNO/c25-20-13-7-6-12-18(20)21-14-19(15-8-2-1-3-9-15)22-23(26-21)16-10-4-5-11-17(16)24(22)27/h1-14H. The highest BCUT2D eigenvalue weighted by molar-refractivity contribution is 6.24. The van der Waals surface area contributed by atoms with E-state index in [4.69, 9.17) is 4.98 Å². The Kier molecular flexibility index (Phi) is 3.47. The number of carbonyl (C=O) groups is 1. The zero-order chi connectivity index (χ0) is 18.4. The minimum atomic E-state index is -0.332. The molecule has 0 unspecified atom stereocenters. The first kappa shape index (κ1) is 15.6. The van der Waals surface area contributed by atoms with E-state index in [1.807, 2.05) is 60.7 Å². The van der Waals surface area contributed by atoms with Crippen LogP contribution >= 0.6 is 0 Å². The second-order valence-corrected chi connectivity index (χ2v) is 6.50. The van der Waals surface area contributed by atoms with Crippen molar-refractivity contribution in [1.82, 2.24) is 4.98 Å². The number of hydrogen-bond acceptors (Lipinski definition) is 2. The van der Waals surface area contributed by atoms with Gasteiger partial charge in [0.05, 0.1) is 17.0 Å². The van der Waals surface area contributed by atoms with Gasteiger partial charge < -0.3 is 0 Å². The van der Waals surface area contributed by atoms with E-state index >= 15 is 0 Å². The second-order valence-electron chi connectivity index (χ2n) is 6.50. The van der Waals surface area contributed by atoms with Crippen LogP contribution in [0, 0.1) is 5.82 Å². The van der Waals surface area contributed by atoms with Crippen molar-refractivity contribution in [2.24, 2.45) is 0 Å². The third-order valence-electron chi connectivity index (χ3n) is 4.91. The molecule has 1 aromatic heterocycles. The topological polar surface area (TPSA) is 30.0 Å². The number of nitrogens with zero attached hydrogens (tertiary/aromatic N) is 1. The summed E-state index contributed by atoms with van der Waals surface area (Å²) in [5.41, 5.74) is 5.29. The molecule has 3 heteroatoms. The van der Waals surface area contributed by atoms with Gasteiger partial charge in [0.1, 0.15) is 5.82 Å². The van der Waals surface area contributed by atoms with Gasteiger partial charge in [0.2, 0.25) is 0 Å². The number of aromatic nitrogens is 1. The summed E-state index contributed by atoms with van der Waals surface area (Å²) in [4.78, 5) is 17.8. The molecule has 3 aromatic carbocycles. The summed E-state index contributed by atoms with van der Waals surface area (Å²) < 4.78 is 14.4. The van der Waals surface area contributed by atoms with Gasteiger partial charge in [-0.2, -0.15) is 0 Å². The number of pyridine rings is 1. The fourth-order valence-electron chi connectivity index (χ4n) is 3.64. The minimum absolute atomic E-state index is 0.0352. The van der Waals surface area contributed by atoms with Crippen LogP contribution in [-0.2, 0) is 0 Å². The maximum absolute atomic E-state index is 14.4. The molecule has 0 fully saturated rings. The molecule has 4 aromatic rings. The molecule has 0 aliphatic heterocycles. The largest absolute Gasteiger partial charge is 0.288 e. The van der Waals surface area contributed by atoms with E-state index in [0.29, 0.717) is 28.1 Å². The van der Waals surface area contributed by atoms with Gasteiger partial charge in [0, 0.05) is 16.7 Å². The number of carbonyl (C=O) groups excluding carboxylic acids is 1. The SMILES string of the molecule is O=C1c2ccccc2-c2nc(-c3ccccc3F)cc(-c3ccccc3)c21. The van der Waals surface area contributed by atoms with Crippen LogP contribution in [0.15, 0.2) is 84.9 Å². The highest BCUT2D eigenvalue weighted by atomic mass is 19.1. The Balaban J connectivity index is 1.86. The third-order valence-corrected chi connectivity index (χ3v) is 4.91. The zero-order valence-electron chi connectivity index (χ0n) is 14.3. The number of benzene rings is 3. The summed E-state index contributed by atoms with van der Waals surface area (Å²) in [6, 6.07) is 25.5. The number of halogens is 1. The van der Waals surface area contributed by atoms with Crippen LogP contribution in [0.2, 0.25) is 0 Å². The molecular weight excluding hydrogens is 337 g/mol. The van der Waals surface area contributed by atoms with Crippen LogP contribution in [0.25, 0.3) is 33.6 Å². The molecule has 0 saturated carbocycles. The van der Waals surface area contributed by atoms with Gasteiger partial charge in [-0.05, 0) is 29.3 Å². The predicted octanol–water partition coefficient (Wildman–Crippen LogP) is 5.77. The van der Waals surface area contributed by atoms with Gasteiger partial charge in [0.25, 0.3) is 0 Å². The lowest BCUT2D eigenvalue weighted by atomic mass is 9.95.